The van der Waals surface area contributed by atoms with Gasteiger partial charge in [0.1, 0.15) is 5.82 Å². The topological polar surface area (TPSA) is 81.1 Å². The monoisotopic (exact) mass is 329 g/mol. The van der Waals surface area contributed by atoms with Crippen LogP contribution in [0.15, 0.2) is 0 Å². The summed E-state index contributed by atoms with van der Waals surface area (Å²) in [4.78, 5) is 12.0. The van der Waals surface area contributed by atoms with Crippen LogP contribution in [0.2, 0.25) is 0 Å². The minimum Gasteiger partial charge on any atom is -0.368 e. The molecule has 1 atom stereocenters. The number of rotatable bonds is 3. The van der Waals surface area contributed by atoms with Crippen molar-refractivity contribution >= 4 is 11.8 Å². The van der Waals surface area contributed by atoms with Gasteiger partial charge in [-0.1, -0.05) is 12.8 Å². The molecule has 0 bridgehead atoms. The van der Waals surface area contributed by atoms with Gasteiger partial charge < -0.3 is 16.4 Å². The average Bonchev–Trinajstić information content (AvgIpc) is 3.05. The fraction of sp³-hybridized carbons (Fsp3) is 0.789. The van der Waals surface area contributed by atoms with Crippen LogP contribution in [0.25, 0.3) is 0 Å². The number of piperidine rings is 1. The van der Waals surface area contributed by atoms with Crippen molar-refractivity contribution in [1.82, 2.24) is 9.97 Å². The SMILES string of the molecule is NCCC1CCCN(c2nc(N)nc3c2CCCC32CCCC2)C1. The number of hydrogen-bond donors (Lipinski definition) is 2. The van der Waals surface area contributed by atoms with Gasteiger partial charge in [-0.05, 0) is 63.8 Å². The summed E-state index contributed by atoms with van der Waals surface area (Å²) in [5.74, 6) is 2.31. The molecule has 2 heterocycles. The third kappa shape index (κ3) is 2.77. The molecule has 1 spiro atoms. The van der Waals surface area contributed by atoms with Gasteiger partial charge in [-0.3, -0.25) is 0 Å². The van der Waals surface area contributed by atoms with Crippen molar-refractivity contribution in [3.63, 3.8) is 0 Å². The molecule has 3 aliphatic rings. The second-order valence-corrected chi connectivity index (χ2v) is 8.11. The molecule has 2 aliphatic carbocycles. The first-order chi connectivity index (χ1) is 11.7. The Bertz CT molecular complexity index is 592. The highest BCUT2D eigenvalue weighted by atomic mass is 15.2. The molecule has 4 rings (SSSR count). The summed E-state index contributed by atoms with van der Waals surface area (Å²) in [6, 6.07) is 0. The van der Waals surface area contributed by atoms with E-state index >= 15 is 0 Å². The van der Waals surface area contributed by atoms with Gasteiger partial charge in [-0.25, -0.2) is 4.98 Å². The zero-order chi connectivity index (χ0) is 16.6. The first-order valence-electron chi connectivity index (χ1n) is 9.84. The van der Waals surface area contributed by atoms with Crippen molar-refractivity contribution in [2.24, 2.45) is 11.7 Å². The number of nitrogen functional groups attached to an aromatic ring is 1. The Hall–Kier alpha value is -1.36. The summed E-state index contributed by atoms with van der Waals surface area (Å²) in [6.07, 6.45) is 12.5. The normalized spacial score (nSPS) is 25.9. The van der Waals surface area contributed by atoms with Crippen LogP contribution in [0.4, 0.5) is 11.8 Å². The first kappa shape index (κ1) is 16.1. The standard InChI is InChI=1S/C19H31N5/c20-11-7-14-5-4-12-24(13-14)17-15-6-3-10-19(8-1-2-9-19)16(15)22-18(21)23-17/h14H,1-13,20H2,(H2,21,22,23). The number of nitrogens with two attached hydrogens (primary N) is 2. The van der Waals surface area contributed by atoms with Crippen LogP contribution in [-0.2, 0) is 11.8 Å². The number of nitrogens with zero attached hydrogens (tertiary/aromatic N) is 3. The average molecular weight is 329 g/mol. The Kier molecular flexibility index (Phi) is 4.37. The molecular weight excluding hydrogens is 298 g/mol. The lowest BCUT2D eigenvalue weighted by atomic mass is 9.71. The molecular formula is C19H31N5. The molecule has 1 saturated carbocycles. The Morgan fingerprint density at radius 1 is 1.08 bits per heavy atom. The number of anilines is 2. The molecule has 1 aromatic rings. The molecule has 132 valence electrons. The second kappa shape index (κ2) is 6.51. The van der Waals surface area contributed by atoms with E-state index in [0.717, 1.165) is 38.3 Å². The van der Waals surface area contributed by atoms with E-state index in [-0.39, 0.29) is 0 Å². The van der Waals surface area contributed by atoms with Gasteiger partial charge in [-0.2, -0.15) is 4.98 Å². The Morgan fingerprint density at radius 3 is 2.67 bits per heavy atom. The van der Waals surface area contributed by atoms with Crippen LogP contribution in [0.3, 0.4) is 0 Å². The summed E-state index contributed by atoms with van der Waals surface area (Å²) >= 11 is 0. The van der Waals surface area contributed by atoms with Crippen molar-refractivity contribution < 1.29 is 0 Å². The van der Waals surface area contributed by atoms with E-state index in [9.17, 15) is 0 Å². The molecule has 1 aliphatic heterocycles. The van der Waals surface area contributed by atoms with Gasteiger partial charge in [0.05, 0.1) is 5.69 Å². The molecule has 0 amide bonds. The third-order valence-electron chi connectivity index (χ3n) is 6.54. The van der Waals surface area contributed by atoms with Gasteiger partial charge in [0, 0.05) is 24.1 Å². The number of fused-ring (bicyclic) bond motifs is 2. The van der Waals surface area contributed by atoms with Crippen LogP contribution in [0, 0.1) is 5.92 Å². The van der Waals surface area contributed by atoms with E-state index in [1.165, 1.54) is 62.6 Å². The summed E-state index contributed by atoms with van der Waals surface area (Å²) in [6.45, 7) is 2.95. The highest BCUT2D eigenvalue weighted by Gasteiger charge is 2.42. The molecule has 0 aromatic carbocycles. The van der Waals surface area contributed by atoms with Gasteiger partial charge in [0.15, 0.2) is 0 Å². The zero-order valence-electron chi connectivity index (χ0n) is 14.8. The maximum absolute atomic E-state index is 6.16. The predicted molar refractivity (Wildman–Crippen MR) is 98.1 cm³/mol. The smallest absolute Gasteiger partial charge is 0.222 e. The van der Waals surface area contributed by atoms with E-state index in [2.05, 4.69) is 4.90 Å². The molecule has 1 saturated heterocycles. The number of hydrogen-bond acceptors (Lipinski definition) is 5. The van der Waals surface area contributed by atoms with Crippen LogP contribution in [0.5, 0.6) is 0 Å². The molecule has 5 nitrogen and oxygen atoms in total. The van der Waals surface area contributed by atoms with Crippen LogP contribution in [0.1, 0.15) is 69.0 Å². The molecule has 4 N–H and O–H groups in total. The maximum Gasteiger partial charge on any atom is 0.222 e. The van der Waals surface area contributed by atoms with Crippen LogP contribution < -0.4 is 16.4 Å². The van der Waals surface area contributed by atoms with E-state index in [1.54, 1.807) is 0 Å². The summed E-state index contributed by atoms with van der Waals surface area (Å²) < 4.78 is 0. The van der Waals surface area contributed by atoms with Crippen LogP contribution >= 0.6 is 0 Å². The van der Waals surface area contributed by atoms with Crippen molar-refractivity contribution in [2.45, 2.75) is 69.6 Å². The lowest BCUT2D eigenvalue weighted by molar-refractivity contribution is 0.354. The van der Waals surface area contributed by atoms with E-state index in [4.69, 9.17) is 21.4 Å². The Labute approximate surface area is 145 Å². The fourth-order valence-corrected chi connectivity index (χ4v) is 5.41. The highest BCUT2D eigenvalue weighted by molar-refractivity contribution is 5.55. The minimum absolute atomic E-state index is 0.297. The lowest BCUT2D eigenvalue weighted by Gasteiger charge is -2.39. The molecule has 5 heteroatoms. The summed E-state index contributed by atoms with van der Waals surface area (Å²) in [5, 5.41) is 0. The molecule has 24 heavy (non-hydrogen) atoms. The highest BCUT2D eigenvalue weighted by Crippen LogP contribution is 2.49. The second-order valence-electron chi connectivity index (χ2n) is 8.11. The fourth-order valence-electron chi connectivity index (χ4n) is 5.41. The predicted octanol–water partition coefficient (Wildman–Crippen LogP) is 2.77. The van der Waals surface area contributed by atoms with E-state index in [1.807, 2.05) is 0 Å². The Morgan fingerprint density at radius 2 is 1.88 bits per heavy atom. The maximum atomic E-state index is 6.16. The van der Waals surface area contributed by atoms with Crippen molar-refractivity contribution in [1.29, 1.82) is 0 Å². The summed E-state index contributed by atoms with van der Waals surface area (Å²) in [5.41, 5.74) is 15.0. The van der Waals surface area contributed by atoms with Crippen molar-refractivity contribution in [3.05, 3.63) is 11.3 Å². The van der Waals surface area contributed by atoms with Gasteiger partial charge in [0.25, 0.3) is 0 Å². The molecule has 0 radical (unpaired) electrons. The van der Waals surface area contributed by atoms with E-state index in [0.29, 0.717) is 17.3 Å². The van der Waals surface area contributed by atoms with Crippen molar-refractivity contribution in [3.8, 4) is 0 Å². The largest absolute Gasteiger partial charge is 0.368 e. The zero-order valence-corrected chi connectivity index (χ0v) is 14.8. The van der Waals surface area contributed by atoms with Crippen LogP contribution in [-0.4, -0.2) is 29.6 Å². The van der Waals surface area contributed by atoms with E-state index < -0.39 is 0 Å². The number of aromatic nitrogens is 2. The Balaban J connectivity index is 1.70. The first-order valence-corrected chi connectivity index (χ1v) is 9.84. The summed E-state index contributed by atoms with van der Waals surface area (Å²) in [7, 11) is 0. The quantitative estimate of drug-likeness (QED) is 0.891. The molecule has 2 fully saturated rings. The van der Waals surface area contributed by atoms with Gasteiger partial charge in [-0.15, -0.1) is 0 Å². The van der Waals surface area contributed by atoms with Crippen molar-refractivity contribution in [2.75, 3.05) is 30.3 Å². The minimum atomic E-state index is 0.297. The van der Waals surface area contributed by atoms with Gasteiger partial charge in [0.2, 0.25) is 5.95 Å². The lowest BCUT2D eigenvalue weighted by Crippen LogP contribution is -2.39. The molecule has 1 aromatic heterocycles. The third-order valence-corrected chi connectivity index (χ3v) is 6.54. The molecule has 1 unspecified atom stereocenters. The van der Waals surface area contributed by atoms with Gasteiger partial charge >= 0.3 is 0 Å².